The molecule has 0 N–H and O–H groups in total. The summed E-state index contributed by atoms with van der Waals surface area (Å²) in [6, 6.07) is 0. The highest BCUT2D eigenvalue weighted by Gasteiger charge is 2.09. The Morgan fingerprint density at radius 1 is 0.219 bits per heavy atom. The first-order valence-corrected chi connectivity index (χ1v) is 15.2. The Morgan fingerprint density at radius 2 is 0.344 bits per heavy atom. The second-order valence-corrected chi connectivity index (χ2v) is 13.4. The average molecular weight is 451 g/mol. The Morgan fingerprint density at radius 3 is 0.469 bits per heavy atom. The van der Waals surface area contributed by atoms with Crippen molar-refractivity contribution in [1.29, 1.82) is 0 Å². The van der Waals surface area contributed by atoms with Crippen LogP contribution in [0, 0.1) is 10.8 Å². The maximum atomic E-state index is 2.37. The van der Waals surface area contributed by atoms with E-state index >= 15 is 0 Å². The van der Waals surface area contributed by atoms with E-state index < -0.39 is 0 Å². The van der Waals surface area contributed by atoms with Gasteiger partial charge in [-0.25, -0.2) is 0 Å². The molecule has 32 heavy (non-hydrogen) atoms. The summed E-state index contributed by atoms with van der Waals surface area (Å²) >= 11 is 0. The number of rotatable bonds is 23. The number of hydrogen-bond acceptors (Lipinski definition) is 0. The summed E-state index contributed by atoms with van der Waals surface area (Å²) in [5, 5.41) is 0. The van der Waals surface area contributed by atoms with Gasteiger partial charge in [0, 0.05) is 0 Å². The van der Waals surface area contributed by atoms with Gasteiger partial charge in [-0.05, 0) is 23.7 Å². The molecule has 194 valence electrons. The van der Waals surface area contributed by atoms with Crippen LogP contribution in [0.4, 0.5) is 0 Å². The zero-order chi connectivity index (χ0) is 24.0. The lowest BCUT2D eigenvalue weighted by Crippen LogP contribution is -2.03. The SMILES string of the molecule is CC(C)(C)CCCCCCCCCCCCCCCCCCCCCCCCC(C)(C)C. The third kappa shape index (κ3) is 30.0. The fourth-order valence-electron chi connectivity index (χ4n) is 4.85. The molecule has 0 aromatic rings. The monoisotopic (exact) mass is 451 g/mol. The van der Waals surface area contributed by atoms with E-state index in [1.165, 1.54) is 154 Å². The lowest BCUT2D eigenvalue weighted by Gasteiger charge is -2.17. The van der Waals surface area contributed by atoms with Crippen LogP contribution in [0.5, 0.6) is 0 Å². The van der Waals surface area contributed by atoms with Crippen molar-refractivity contribution in [2.24, 2.45) is 10.8 Å². The van der Waals surface area contributed by atoms with Crippen molar-refractivity contribution in [2.45, 2.75) is 196 Å². The third-order valence-corrected chi connectivity index (χ3v) is 7.10. The first-order valence-electron chi connectivity index (χ1n) is 15.2. The Hall–Kier alpha value is 0. The predicted octanol–water partition coefficient (Wildman–Crippen LogP) is 12.4. The van der Waals surface area contributed by atoms with Crippen LogP contribution in [-0.4, -0.2) is 0 Å². The van der Waals surface area contributed by atoms with Crippen LogP contribution in [-0.2, 0) is 0 Å². The first kappa shape index (κ1) is 32.0. The lowest BCUT2D eigenvalue weighted by molar-refractivity contribution is 0.356. The molecule has 0 aliphatic rings. The Bertz CT molecular complexity index is 317. The molecule has 0 radical (unpaired) electrons. The Kier molecular flexibility index (Phi) is 21.5. The number of hydrogen-bond donors (Lipinski definition) is 0. The lowest BCUT2D eigenvalue weighted by atomic mass is 9.89. The minimum absolute atomic E-state index is 0.533. The van der Waals surface area contributed by atoms with Crippen molar-refractivity contribution in [3.05, 3.63) is 0 Å². The van der Waals surface area contributed by atoms with Crippen LogP contribution >= 0.6 is 0 Å². The summed E-state index contributed by atoms with van der Waals surface area (Å²) in [5.74, 6) is 0. The molecule has 0 aromatic carbocycles. The summed E-state index contributed by atoms with van der Waals surface area (Å²) in [4.78, 5) is 0. The molecular weight excluding hydrogens is 384 g/mol. The summed E-state index contributed by atoms with van der Waals surface area (Å²) in [5.41, 5.74) is 1.07. The van der Waals surface area contributed by atoms with Gasteiger partial charge in [0.05, 0.1) is 0 Å². The zero-order valence-corrected chi connectivity index (χ0v) is 24.0. The second kappa shape index (κ2) is 21.5. The molecule has 0 saturated carbocycles. The van der Waals surface area contributed by atoms with E-state index in [1.54, 1.807) is 0 Å². The minimum atomic E-state index is 0.533. The van der Waals surface area contributed by atoms with Crippen LogP contribution in [0.25, 0.3) is 0 Å². The zero-order valence-electron chi connectivity index (χ0n) is 24.0. The summed E-state index contributed by atoms with van der Waals surface area (Å²) < 4.78 is 0. The highest BCUT2D eigenvalue weighted by atomic mass is 14.1. The van der Waals surface area contributed by atoms with Crippen LogP contribution < -0.4 is 0 Å². The van der Waals surface area contributed by atoms with Crippen LogP contribution in [0.1, 0.15) is 196 Å². The van der Waals surface area contributed by atoms with E-state index in [1.807, 2.05) is 0 Å². The van der Waals surface area contributed by atoms with Crippen molar-refractivity contribution in [3.8, 4) is 0 Å². The van der Waals surface area contributed by atoms with Gasteiger partial charge in [-0.1, -0.05) is 183 Å². The smallest absolute Gasteiger partial charge is 0.0383 e. The fraction of sp³-hybridized carbons (Fsp3) is 1.00. The topological polar surface area (TPSA) is 0 Å². The number of unbranched alkanes of at least 4 members (excludes halogenated alkanes) is 21. The third-order valence-electron chi connectivity index (χ3n) is 7.10. The predicted molar refractivity (Wildman–Crippen MR) is 150 cm³/mol. The molecule has 0 bridgehead atoms. The summed E-state index contributed by atoms with van der Waals surface area (Å²) in [6.45, 7) is 14.2. The highest BCUT2D eigenvalue weighted by Crippen LogP contribution is 2.23. The molecule has 0 fully saturated rings. The molecule has 0 aliphatic heterocycles. The van der Waals surface area contributed by atoms with E-state index in [0.29, 0.717) is 10.8 Å². The Labute approximate surface area is 206 Å². The van der Waals surface area contributed by atoms with Crippen molar-refractivity contribution in [3.63, 3.8) is 0 Å². The molecule has 0 amide bonds. The molecule has 0 rings (SSSR count). The molecule has 0 aromatic heterocycles. The van der Waals surface area contributed by atoms with E-state index in [-0.39, 0.29) is 0 Å². The van der Waals surface area contributed by atoms with E-state index in [4.69, 9.17) is 0 Å². The second-order valence-electron chi connectivity index (χ2n) is 13.4. The van der Waals surface area contributed by atoms with E-state index in [2.05, 4.69) is 41.5 Å². The molecule has 0 unspecified atom stereocenters. The van der Waals surface area contributed by atoms with Crippen LogP contribution in [0.3, 0.4) is 0 Å². The maximum absolute atomic E-state index is 2.37. The molecule has 0 nitrogen and oxygen atoms in total. The van der Waals surface area contributed by atoms with Crippen molar-refractivity contribution >= 4 is 0 Å². The molecule has 0 spiro atoms. The first-order chi connectivity index (χ1) is 15.2. The molecule has 0 saturated heterocycles. The minimum Gasteiger partial charge on any atom is -0.0602 e. The van der Waals surface area contributed by atoms with E-state index in [9.17, 15) is 0 Å². The van der Waals surface area contributed by atoms with Gasteiger partial charge in [0.1, 0.15) is 0 Å². The van der Waals surface area contributed by atoms with Crippen molar-refractivity contribution in [1.82, 2.24) is 0 Å². The van der Waals surface area contributed by atoms with Gasteiger partial charge in [0.15, 0.2) is 0 Å². The molecule has 0 aliphatic carbocycles. The van der Waals surface area contributed by atoms with Gasteiger partial charge in [-0.15, -0.1) is 0 Å². The highest BCUT2D eigenvalue weighted by molar-refractivity contribution is 4.62. The van der Waals surface area contributed by atoms with Crippen molar-refractivity contribution in [2.75, 3.05) is 0 Å². The standard InChI is InChI=1S/C32H66/c1-31(2,3)29-27-25-23-21-19-17-15-13-11-9-7-8-10-12-14-16-18-20-22-24-26-28-30-32(4,5)6/h7-30H2,1-6H3. The van der Waals surface area contributed by atoms with Crippen LogP contribution in [0.2, 0.25) is 0 Å². The summed E-state index contributed by atoms with van der Waals surface area (Å²) in [6.07, 6.45) is 35.2. The molecule has 0 heterocycles. The maximum Gasteiger partial charge on any atom is -0.0383 e. The van der Waals surface area contributed by atoms with Crippen molar-refractivity contribution < 1.29 is 0 Å². The normalized spacial score (nSPS) is 12.6. The van der Waals surface area contributed by atoms with Gasteiger partial charge < -0.3 is 0 Å². The quantitative estimate of drug-likeness (QED) is 0.136. The van der Waals surface area contributed by atoms with Gasteiger partial charge in [-0.2, -0.15) is 0 Å². The molecular formula is C32H66. The molecule has 0 heteroatoms. The van der Waals surface area contributed by atoms with Gasteiger partial charge in [-0.3, -0.25) is 0 Å². The van der Waals surface area contributed by atoms with Gasteiger partial charge in [0.2, 0.25) is 0 Å². The van der Waals surface area contributed by atoms with Gasteiger partial charge in [0.25, 0.3) is 0 Å². The van der Waals surface area contributed by atoms with E-state index in [0.717, 1.165) is 0 Å². The molecule has 0 atom stereocenters. The fourth-order valence-corrected chi connectivity index (χ4v) is 4.85. The van der Waals surface area contributed by atoms with Gasteiger partial charge >= 0.3 is 0 Å². The Balaban J connectivity index is 3.07. The van der Waals surface area contributed by atoms with Crippen LogP contribution in [0.15, 0.2) is 0 Å². The average Bonchev–Trinajstić information content (AvgIpc) is 2.69. The largest absolute Gasteiger partial charge is 0.0602 e. The summed E-state index contributed by atoms with van der Waals surface area (Å²) in [7, 11) is 0.